The van der Waals surface area contributed by atoms with Crippen LogP contribution in [0.15, 0.2) is 6.20 Å². The van der Waals surface area contributed by atoms with Gasteiger partial charge in [0, 0.05) is 12.7 Å². The van der Waals surface area contributed by atoms with Crippen molar-refractivity contribution in [1.82, 2.24) is 9.78 Å². The van der Waals surface area contributed by atoms with Crippen LogP contribution in [0.5, 0.6) is 0 Å². The molecule has 2 rings (SSSR count). The molecule has 0 bridgehead atoms. The average Bonchev–Trinajstić information content (AvgIpc) is 2.67. The van der Waals surface area contributed by atoms with E-state index >= 15 is 0 Å². The number of nitrogens with zero attached hydrogens (tertiary/aromatic N) is 2. The van der Waals surface area contributed by atoms with E-state index in [1.165, 1.54) is 24.1 Å². The Morgan fingerprint density at radius 3 is 2.70 bits per heavy atom. The van der Waals surface area contributed by atoms with Crippen LogP contribution in [0, 0.1) is 6.92 Å². The van der Waals surface area contributed by atoms with Gasteiger partial charge in [-0.3, -0.25) is 4.68 Å². The first kappa shape index (κ1) is 5.96. The summed E-state index contributed by atoms with van der Waals surface area (Å²) in [6.07, 6.45) is 4.74. The largest absolute Gasteiger partial charge is 0.273 e. The van der Waals surface area contributed by atoms with E-state index in [0.29, 0.717) is 0 Å². The molecule has 10 heavy (non-hydrogen) atoms. The predicted octanol–water partition coefficient (Wildman–Crippen LogP) is 1.61. The van der Waals surface area contributed by atoms with E-state index in [0.717, 1.165) is 5.92 Å². The van der Waals surface area contributed by atoms with Crippen molar-refractivity contribution in [1.29, 1.82) is 0 Å². The van der Waals surface area contributed by atoms with Crippen LogP contribution in [-0.2, 0) is 7.05 Å². The van der Waals surface area contributed by atoms with Crippen LogP contribution >= 0.6 is 0 Å². The van der Waals surface area contributed by atoms with Crippen molar-refractivity contribution >= 4 is 0 Å². The fourth-order valence-electron chi connectivity index (χ4n) is 1.31. The Bertz CT molecular complexity index is 246. The maximum Gasteiger partial charge on any atom is 0.0527 e. The number of rotatable bonds is 1. The lowest BCUT2D eigenvalue weighted by Gasteiger charge is -1.95. The first-order valence-electron chi connectivity index (χ1n) is 3.77. The molecule has 1 aliphatic carbocycles. The molecule has 1 fully saturated rings. The zero-order valence-electron chi connectivity index (χ0n) is 6.46. The number of hydrogen-bond donors (Lipinski definition) is 0. The molecule has 1 saturated carbocycles. The Balaban J connectivity index is 2.40. The third-order valence-electron chi connectivity index (χ3n) is 2.29. The monoisotopic (exact) mass is 136 g/mol. The lowest BCUT2D eigenvalue weighted by Crippen LogP contribution is -1.93. The Kier molecular flexibility index (Phi) is 1.10. The van der Waals surface area contributed by atoms with Gasteiger partial charge in [0.2, 0.25) is 0 Å². The van der Waals surface area contributed by atoms with E-state index in [2.05, 4.69) is 12.0 Å². The first-order chi connectivity index (χ1) is 4.79. The summed E-state index contributed by atoms with van der Waals surface area (Å²) < 4.78 is 1.95. The second-order valence-electron chi connectivity index (χ2n) is 3.08. The fourth-order valence-corrected chi connectivity index (χ4v) is 1.31. The molecule has 0 atom stereocenters. The molecule has 54 valence electrons. The predicted molar refractivity (Wildman–Crippen MR) is 39.9 cm³/mol. The van der Waals surface area contributed by atoms with Crippen LogP contribution in [0.4, 0.5) is 0 Å². The van der Waals surface area contributed by atoms with E-state index in [4.69, 9.17) is 0 Å². The van der Waals surface area contributed by atoms with Gasteiger partial charge < -0.3 is 0 Å². The smallest absolute Gasteiger partial charge is 0.0527 e. The zero-order valence-corrected chi connectivity index (χ0v) is 6.46. The summed E-state index contributed by atoms with van der Waals surface area (Å²) >= 11 is 0. The molecule has 2 heteroatoms. The van der Waals surface area contributed by atoms with E-state index in [-0.39, 0.29) is 0 Å². The van der Waals surface area contributed by atoms with Crippen LogP contribution < -0.4 is 0 Å². The summed E-state index contributed by atoms with van der Waals surface area (Å²) in [7, 11) is 2.00. The van der Waals surface area contributed by atoms with Gasteiger partial charge in [0.15, 0.2) is 0 Å². The molecule has 1 aromatic rings. The van der Waals surface area contributed by atoms with Gasteiger partial charge in [-0.25, -0.2) is 0 Å². The molecule has 0 N–H and O–H groups in total. The maximum atomic E-state index is 4.19. The summed E-state index contributed by atoms with van der Waals surface area (Å²) in [6, 6.07) is 0. The van der Waals surface area contributed by atoms with Crippen molar-refractivity contribution in [2.24, 2.45) is 7.05 Å². The highest BCUT2D eigenvalue weighted by atomic mass is 15.3. The first-order valence-corrected chi connectivity index (χ1v) is 3.77. The SMILES string of the molecule is Cc1c(C2CC2)cnn1C. The number of aromatic nitrogens is 2. The van der Waals surface area contributed by atoms with Crippen molar-refractivity contribution in [3.05, 3.63) is 17.5 Å². The molecule has 1 heterocycles. The van der Waals surface area contributed by atoms with Crippen LogP contribution in [0.2, 0.25) is 0 Å². The van der Waals surface area contributed by atoms with Gasteiger partial charge in [0.05, 0.1) is 6.20 Å². The van der Waals surface area contributed by atoms with E-state index in [1.54, 1.807) is 0 Å². The minimum atomic E-state index is 0.841. The molecule has 0 radical (unpaired) electrons. The Morgan fingerprint density at radius 1 is 1.60 bits per heavy atom. The lowest BCUT2D eigenvalue weighted by molar-refractivity contribution is 0.738. The zero-order chi connectivity index (χ0) is 7.14. The molecule has 0 aliphatic heterocycles. The van der Waals surface area contributed by atoms with E-state index in [9.17, 15) is 0 Å². The Hall–Kier alpha value is -0.790. The normalized spacial score (nSPS) is 17.8. The fraction of sp³-hybridized carbons (Fsp3) is 0.625. The highest BCUT2D eigenvalue weighted by Crippen LogP contribution is 2.41. The van der Waals surface area contributed by atoms with Gasteiger partial charge in [-0.15, -0.1) is 0 Å². The topological polar surface area (TPSA) is 17.8 Å². The maximum absolute atomic E-state index is 4.19. The summed E-state index contributed by atoms with van der Waals surface area (Å²) in [4.78, 5) is 0. The van der Waals surface area contributed by atoms with Gasteiger partial charge in [-0.05, 0) is 31.2 Å². The summed E-state index contributed by atoms with van der Waals surface area (Å²) in [5.74, 6) is 0.841. The molecule has 1 aromatic heterocycles. The molecular formula is C8H12N2. The van der Waals surface area contributed by atoms with Crippen molar-refractivity contribution in [3.8, 4) is 0 Å². The summed E-state index contributed by atoms with van der Waals surface area (Å²) in [6.45, 7) is 2.14. The molecule has 0 spiro atoms. The van der Waals surface area contributed by atoms with Gasteiger partial charge in [0.25, 0.3) is 0 Å². The number of aryl methyl sites for hydroxylation is 1. The second kappa shape index (κ2) is 1.84. The van der Waals surface area contributed by atoms with Crippen molar-refractivity contribution in [3.63, 3.8) is 0 Å². The minimum absolute atomic E-state index is 0.841. The quantitative estimate of drug-likeness (QED) is 0.573. The molecule has 0 unspecified atom stereocenters. The standard InChI is InChI=1S/C8H12N2/c1-6-8(7-3-4-7)5-9-10(6)2/h5,7H,3-4H2,1-2H3. The molecule has 1 aliphatic rings. The molecule has 0 amide bonds. The van der Waals surface area contributed by atoms with E-state index in [1.807, 2.05) is 17.9 Å². The van der Waals surface area contributed by atoms with Gasteiger partial charge >= 0.3 is 0 Å². The van der Waals surface area contributed by atoms with Crippen LogP contribution in [0.1, 0.15) is 30.0 Å². The van der Waals surface area contributed by atoms with Gasteiger partial charge in [0.1, 0.15) is 0 Å². The highest BCUT2D eigenvalue weighted by Gasteiger charge is 2.26. The van der Waals surface area contributed by atoms with Gasteiger partial charge in [-0.1, -0.05) is 0 Å². The Morgan fingerprint density at radius 2 is 2.30 bits per heavy atom. The number of hydrogen-bond acceptors (Lipinski definition) is 1. The minimum Gasteiger partial charge on any atom is -0.273 e. The molecular weight excluding hydrogens is 124 g/mol. The highest BCUT2D eigenvalue weighted by molar-refractivity contribution is 5.24. The molecule has 2 nitrogen and oxygen atoms in total. The average molecular weight is 136 g/mol. The lowest BCUT2D eigenvalue weighted by atomic mass is 10.2. The third-order valence-corrected chi connectivity index (χ3v) is 2.29. The van der Waals surface area contributed by atoms with Crippen molar-refractivity contribution in [2.45, 2.75) is 25.7 Å². The summed E-state index contributed by atoms with van der Waals surface area (Å²) in [5.41, 5.74) is 2.80. The summed E-state index contributed by atoms with van der Waals surface area (Å²) in [5, 5.41) is 4.19. The van der Waals surface area contributed by atoms with Crippen LogP contribution in [-0.4, -0.2) is 9.78 Å². The van der Waals surface area contributed by atoms with E-state index < -0.39 is 0 Å². The molecule has 0 saturated heterocycles. The second-order valence-corrected chi connectivity index (χ2v) is 3.08. The Labute approximate surface area is 60.9 Å². The molecule has 0 aromatic carbocycles. The van der Waals surface area contributed by atoms with Crippen molar-refractivity contribution < 1.29 is 0 Å². The third kappa shape index (κ3) is 0.753. The van der Waals surface area contributed by atoms with Crippen LogP contribution in [0.25, 0.3) is 0 Å². The van der Waals surface area contributed by atoms with Gasteiger partial charge in [-0.2, -0.15) is 5.10 Å². The van der Waals surface area contributed by atoms with Crippen molar-refractivity contribution in [2.75, 3.05) is 0 Å². The van der Waals surface area contributed by atoms with Crippen LogP contribution in [0.3, 0.4) is 0 Å².